The Morgan fingerprint density at radius 1 is 1.09 bits per heavy atom. The van der Waals surface area contributed by atoms with Crippen molar-refractivity contribution in [2.75, 3.05) is 7.11 Å². The lowest BCUT2D eigenvalue weighted by molar-refractivity contribution is -0.139. The first-order valence-corrected chi connectivity index (χ1v) is 12.0. The van der Waals surface area contributed by atoms with Gasteiger partial charge < -0.3 is 9.47 Å². The maximum Gasteiger partial charge on any atom is 0.331 e. The van der Waals surface area contributed by atoms with Crippen LogP contribution in [0.5, 0.6) is 11.5 Å². The Balaban J connectivity index is 1.44. The fraction of sp³-hybridized carbons (Fsp3) is 0.538. The van der Waals surface area contributed by atoms with Crippen molar-refractivity contribution in [2.45, 2.75) is 58.4 Å². The summed E-state index contributed by atoms with van der Waals surface area (Å²) in [5.41, 5.74) is 0.351. The summed E-state index contributed by atoms with van der Waals surface area (Å²) in [6, 6.07) is 3.81. The quantitative estimate of drug-likeness (QED) is 0.307. The van der Waals surface area contributed by atoms with Crippen molar-refractivity contribution in [2.24, 2.45) is 23.2 Å². The van der Waals surface area contributed by atoms with Gasteiger partial charge in [0.25, 0.3) is 11.8 Å². The number of urea groups is 1. The van der Waals surface area contributed by atoms with Gasteiger partial charge in [0.2, 0.25) is 0 Å². The van der Waals surface area contributed by atoms with Gasteiger partial charge in [0.15, 0.2) is 11.5 Å². The monoisotopic (exact) mass is 466 g/mol. The molecule has 8 nitrogen and oxygen atoms in total. The lowest BCUT2D eigenvalue weighted by atomic mass is 9.47. The second kappa shape index (κ2) is 8.25. The van der Waals surface area contributed by atoms with Crippen LogP contribution in [0.15, 0.2) is 23.8 Å². The summed E-state index contributed by atoms with van der Waals surface area (Å²) in [7, 11) is 1.44. The number of carbonyl (C=O) groups excluding carboxylic acids is 4. The summed E-state index contributed by atoms with van der Waals surface area (Å²) >= 11 is 0. The van der Waals surface area contributed by atoms with Gasteiger partial charge in [-0.2, -0.15) is 0 Å². The number of benzene rings is 1. The van der Waals surface area contributed by atoms with Gasteiger partial charge in [0, 0.05) is 13.0 Å². The molecule has 4 saturated carbocycles. The van der Waals surface area contributed by atoms with Crippen LogP contribution < -0.4 is 14.8 Å². The van der Waals surface area contributed by atoms with E-state index >= 15 is 0 Å². The fourth-order valence-electron chi connectivity index (χ4n) is 7.17. The third kappa shape index (κ3) is 3.79. The van der Waals surface area contributed by atoms with Crippen molar-refractivity contribution in [1.82, 2.24) is 10.2 Å². The Kier molecular flexibility index (Phi) is 5.49. The summed E-state index contributed by atoms with van der Waals surface area (Å²) in [6.07, 6.45) is 8.36. The van der Waals surface area contributed by atoms with Crippen LogP contribution in [-0.2, 0) is 14.4 Å². The van der Waals surface area contributed by atoms with Crippen molar-refractivity contribution in [3.05, 3.63) is 29.3 Å². The molecule has 0 spiro atoms. The predicted molar refractivity (Wildman–Crippen MR) is 123 cm³/mol. The molecule has 0 aromatic heterocycles. The maximum absolute atomic E-state index is 13.5. The Morgan fingerprint density at radius 3 is 2.26 bits per heavy atom. The van der Waals surface area contributed by atoms with Crippen LogP contribution in [0.3, 0.4) is 0 Å². The van der Waals surface area contributed by atoms with Gasteiger partial charge in [-0.3, -0.25) is 24.6 Å². The normalized spacial score (nSPS) is 32.1. The third-order valence-corrected chi connectivity index (χ3v) is 8.24. The molecule has 1 heterocycles. The van der Waals surface area contributed by atoms with Crippen molar-refractivity contribution in [3.8, 4) is 11.5 Å². The van der Waals surface area contributed by atoms with Crippen LogP contribution in [-0.4, -0.2) is 41.9 Å². The Bertz CT molecular complexity index is 1070. The first-order chi connectivity index (χ1) is 16.2. The molecule has 1 aromatic rings. The molecule has 1 aliphatic heterocycles. The number of nitrogens with zero attached hydrogens (tertiary/aromatic N) is 1. The summed E-state index contributed by atoms with van der Waals surface area (Å²) < 4.78 is 10.4. The molecular weight excluding hydrogens is 436 g/mol. The second-order valence-corrected chi connectivity index (χ2v) is 10.5. The molecular formula is C26H30N2O6. The van der Waals surface area contributed by atoms with Gasteiger partial charge >= 0.3 is 12.0 Å². The molecule has 180 valence electrons. The van der Waals surface area contributed by atoms with E-state index in [1.807, 2.05) is 6.92 Å². The average molecular weight is 467 g/mol. The van der Waals surface area contributed by atoms with Crippen LogP contribution in [0, 0.1) is 23.2 Å². The molecule has 5 aliphatic rings. The number of rotatable bonds is 5. The predicted octanol–water partition coefficient (Wildman–Crippen LogP) is 3.69. The minimum absolute atomic E-state index is 0.0673. The van der Waals surface area contributed by atoms with E-state index in [-0.39, 0.29) is 22.8 Å². The standard InChI is InChI=1S/C26H30N2O6/c1-14(26-11-17-6-18(12-26)8-19(7-17)13-26)28-24(31)20(23(30)27-25(28)32)9-16-4-5-21(34-15(2)29)22(10-16)33-3/h4-5,9-10,14,17-19H,6-8,11-13H2,1-3H3,(H,27,30,32)/b20-9+. The van der Waals surface area contributed by atoms with Gasteiger partial charge in [-0.1, -0.05) is 6.07 Å². The van der Waals surface area contributed by atoms with Crippen LogP contribution in [0.4, 0.5) is 4.79 Å². The van der Waals surface area contributed by atoms with E-state index in [4.69, 9.17) is 9.47 Å². The van der Waals surface area contributed by atoms with Crippen LogP contribution in [0.1, 0.15) is 57.9 Å². The summed E-state index contributed by atoms with van der Waals surface area (Å²) in [4.78, 5) is 51.6. The molecule has 1 aromatic carbocycles. The van der Waals surface area contributed by atoms with E-state index in [1.54, 1.807) is 18.2 Å². The zero-order valence-corrected chi connectivity index (χ0v) is 19.8. The number of hydrogen-bond donors (Lipinski definition) is 1. The van der Waals surface area contributed by atoms with Crippen molar-refractivity contribution in [3.63, 3.8) is 0 Å². The fourth-order valence-corrected chi connectivity index (χ4v) is 7.17. The zero-order chi connectivity index (χ0) is 24.2. The number of carbonyl (C=O) groups is 4. The van der Waals surface area contributed by atoms with E-state index in [2.05, 4.69) is 5.32 Å². The Morgan fingerprint density at radius 2 is 1.71 bits per heavy atom. The number of esters is 1. The molecule has 5 fully saturated rings. The zero-order valence-electron chi connectivity index (χ0n) is 19.8. The van der Waals surface area contributed by atoms with E-state index in [1.165, 1.54) is 44.3 Å². The summed E-state index contributed by atoms with van der Waals surface area (Å²) in [5, 5.41) is 2.37. The van der Waals surface area contributed by atoms with Gasteiger partial charge in [0.1, 0.15) is 5.57 Å². The lowest BCUT2D eigenvalue weighted by Gasteiger charge is -2.60. The highest BCUT2D eigenvalue weighted by Gasteiger charge is 2.56. The highest BCUT2D eigenvalue weighted by atomic mass is 16.6. The molecule has 4 aliphatic carbocycles. The van der Waals surface area contributed by atoms with E-state index in [0.717, 1.165) is 19.3 Å². The highest BCUT2D eigenvalue weighted by Crippen LogP contribution is 2.62. The number of hydrogen-bond acceptors (Lipinski definition) is 6. The minimum atomic E-state index is -0.716. The number of barbiturate groups is 1. The molecule has 1 unspecified atom stereocenters. The smallest absolute Gasteiger partial charge is 0.331 e. The largest absolute Gasteiger partial charge is 0.493 e. The molecule has 34 heavy (non-hydrogen) atoms. The van der Waals surface area contributed by atoms with Crippen LogP contribution in [0.2, 0.25) is 0 Å². The molecule has 6 rings (SSSR count). The van der Waals surface area contributed by atoms with Gasteiger partial charge in [-0.05, 0) is 92.4 Å². The van der Waals surface area contributed by atoms with Gasteiger partial charge in [-0.15, -0.1) is 0 Å². The van der Waals surface area contributed by atoms with Crippen LogP contribution >= 0.6 is 0 Å². The molecule has 4 amide bonds. The Labute approximate surface area is 198 Å². The number of ether oxygens (including phenoxy) is 2. The number of methoxy groups -OCH3 is 1. The highest BCUT2D eigenvalue weighted by molar-refractivity contribution is 6.31. The number of amides is 4. The van der Waals surface area contributed by atoms with E-state index in [0.29, 0.717) is 29.1 Å². The Hall–Kier alpha value is -3.16. The second-order valence-electron chi connectivity index (χ2n) is 10.5. The van der Waals surface area contributed by atoms with E-state index < -0.39 is 23.8 Å². The molecule has 1 atom stereocenters. The molecule has 1 N–H and O–H groups in total. The first kappa shape index (κ1) is 22.6. The summed E-state index contributed by atoms with van der Waals surface area (Å²) in [6.45, 7) is 3.26. The number of imide groups is 2. The maximum atomic E-state index is 13.5. The third-order valence-electron chi connectivity index (χ3n) is 8.24. The lowest BCUT2D eigenvalue weighted by Crippen LogP contribution is -2.63. The SMILES string of the molecule is COc1cc(/C=C2\C(=O)NC(=O)N(C(C)C34CC5CC(CC(C5)C3)C4)C2=O)ccc1OC(C)=O. The topological polar surface area (TPSA) is 102 Å². The van der Waals surface area contributed by atoms with Crippen molar-refractivity contribution >= 4 is 29.9 Å². The first-order valence-electron chi connectivity index (χ1n) is 12.0. The average Bonchev–Trinajstić information content (AvgIpc) is 2.76. The molecule has 8 heteroatoms. The van der Waals surface area contributed by atoms with Gasteiger partial charge in [0.05, 0.1) is 7.11 Å². The minimum Gasteiger partial charge on any atom is -0.493 e. The number of nitrogens with one attached hydrogen (secondary N) is 1. The molecule has 0 radical (unpaired) electrons. The summed E-state index contributed by atoms with van der Waals surface area (Å²) in [5.74, 6) is 0.794. The van der Waals surface area contributed by atoms with Crippen LogP contribution in [0.25, 0.3) is 6.08 Å². The van der Waals surface area contributed by atoms with Crippen molar-refractivity contribution in [1.29, 1.82) is 0 Å². The molecule has 1 saturated heterocycles. The van der Waals surface area contributed by atoms with Crippen molar-refractivity contribution < 1.29 is 28.7 Å². The molecule has 4 bridgehead atoms. The van der Waals surface area contributed by atoms with Gasteiger partial charge in [-0.25, -0.2) is 4.79 Å². The van der Waals surface area contributed by atoms with E-state index in [9.17, 15) is 19.2 Å².